The highest BCUT2D eigenvalue weighted by atomic mass is 16.5. The van der Waals surface area contributed by atoms with Gasteiger partial charge in [0.05, 0.1) is 0 Å². The normalized spacial score (nSPS) is 11.6. The van der Waals surface area contributed by atoms with Gasteiger partial charge in [-0.05, 0) is 43.4 Å². The molecule has 0 saturated carbocycles. The number of hydrogen-bond acceptors (Lipinski definition) is 4. The molecule has 0 aliphatic heterocycles. The molecule has 0 aliphatic carbocycles. The van der Waals surface area contributed by atoms with E-state index in [1.54, 1.807) is 13.0 Å². The van der Waals surface area contributed by atoms with Crippen LogP contribution in [0.1, 0.15) is 18.1 Å². The van der Waals surface area contributed by atoms with Gasteiger partial charge in [0, 0.05) is 5.39 Å². The average Bonchev–Trinajstić information content (AvgIpc) is 2.73. The van der Waals surface area contributed by atoms with E-state index in [0.29, 0.717) is 11.5 Å². The van der Waals surface area contributed by atoms with Crippen molar-refractivity contribution in [1.82, 2.24) is 10.9 Å². The van der Waals surface area contributed by atoms with E-state index < -0.39 is 17.9 Å². The minimum Gasteiger partial charge on any atom is -0.483 e. The Morgan fingerprint density at radius 1 is 0.897 bits per heavy atom. The molecule has 3 aromatic carbocycles. The van der Waals surface area contributed by atoms with Crippen molar-refractivity contribution in [3.63, 3.8) is 0 Å². The Balaban J connectivity index is 1.50. The number of ether oxygens (including phenoxy) is 2. The molecule has 3 aromatic rings. The van der Waals surface area contributed by atoms with Crippen LogP contribution in [0.2, 0.25) is 0 Å². The molecule has 2 N–H and O–H groups in total. The summed E-state index contributed by atoms with van der Waals surface area (Å²) in [6.45, 7) is 5.24. The van der Waals surface area contributed by atoms with Crippen molar-refractivity contribution in [2.24, 2.45) is 0 Å². The van der Waals surface area contributed by atoms with Crippen LogP contribution in [0.15, 0.2) is 60.7 Å². The zero-order valence-electron chi connectivity index (χ0n) is 16.7. The van der Waals surface area contributed by atoms with Gasteiger partial charge in [-0.25, -0.2) is 0 Å². The third-order valence-electron chi connectivity index (χ3n) is 4.51. The second-order valence-corrected chi connectivity index (χ2v) is 6.78. The molecule has 0 unspecified atom stereocenters. The highest BCUT2D eigenvalue weighted by molar-refractivity contribution is 5.89. The Morgan fingerprint density at radius 3 is 2.31 bits per heavy atom. The third kappa shape index (κ3) is 5.04. The fourth-order valence-electron chi connectivity index (χ4n) is 2.95. The van der Waals surface area contributed by atoms with Crippen molar-refractivity contribution in [3.05, 3.63) is 71.8 Å². The van der Waals surface area contributed by atoms with Gasteiger partial charge in [0.15, 0.2) is 12.7 Å². The number of hydrazine groups is 1. The Labute approximate surface area is 169 Å². The monoisotopic (exact) mass is 392 g/mol. The molecule has 0 spiro atoms. The molecule has 6 heteroatoms. The van der Waals surface area contributed by atoms with Crippen LogP contribution in [-0.4, -0.2) is 24.5 Å². The largest absolute Gasteiger partial charge is 0.483 e. The van der Waals surface area contributed by atoms with E-state index in [1.807, 2.05) is 68.4 Å². The fraction of sp³-hybridized carbons (Fsp3) is 0.217. The van der Waals surface area contributed by atoms with Crippen LogP contribution >= 0.6 is 0 Å². The maximum atomic E-state index is 12.2. The summed E-state index contributed by atoms with van der Waals surface area (Å²) in [5.41, 5.74) is 6.61. The summed E-state index contributed by atoms with van der Waals surface area (Å²) >= 11 is 0. The van der Waals surface area contributed by atoms with Crippen molar-refractivity contribution in [2.75, 3.05) is 6.61 Å². The minimum absolute atomic E-state index is 0.222. The molecule has 6 nitrogen and oxygen atoms in total. The van der Waals surface area contributed by atoms with Crippen LogP contribution in [0.3, 0.4) is 0 Å². The van der Waals surface area contributed by atoms with E-state index in [4.69, 9.17) is 9.47 Å². The number of para-hydroxylation sites is 1. The Bertz CT molecular complexity index is 1010. The third-order valence-corrected chi connectivity index (χ3v) is 4.51. The van der Waals surface area contributed by atoms with Crippen molar-refractivity contribution in [2.45, 2.75) is 26.9 Å². The maximum absolute atomic E-state index is 12.2. The number of hydrogen-bond donors (Lipinski definition) is 2. The van der Waals surface area contributed by atoms with Crippen LogP contribution in [0.5, 0.6) is 11.5 Å². The highest BCUT2D eigenvalue weighted by Gasteiger charge is 2.17. The lowest BCUT2D eigenvalue weighted by atomic mass is 10.1. The first-order valence-corrected chi connectivity index (χ1v) is 9.38. The lowest BCUT2D eigenvalue weighted by molar-refractivity contribution is -0.133. The number of aryl methyl sites for hydroxylation is 2. The van der Waals surface area contributed by atoms with E-state index >= 15 is 0 Å². The van der Waals surface area contributed by atoms with Gasteiger partial charge in [0.1, 0.15) is 11.5 Å². The first-order chi connectivity index (χ1) is 14.0. The lowest BCUT2D eigenvalue weighted by Gasteiger charge is -2.18. The molecule has 1 atom stereocenters. The molecule has 0 fully saturated rings. The van der Waals surface area contributed by atoms with Crippen LogP contribution in [0.25, 0.3) is 10.8 Å². The van der Waals surface area contributed by atoms with E-state index in [9.17, 15) is 9.59 Å². The number of carbonyl (C=O) groups excluding carboxylic acids is 2. The Morgan fingerprint density at radius 2 is 1.55 bits per heavy atom. The van der Waals surface area contributed by atoms with Gasteiger partial charge >= 0.3 is 0 Å². The first kappa shape index (κ1) is 20.2. The van der Waals surface area contributed by atoms with Gasteiger partial charge < -0.3 is 9.47 Å². The van der Waals surface area contributed by atoms with Crippen molar-refractivity contribution in [3.8, 4) is 11.5 Å². The smallest absolute Gasteiger partial charge is 0.279 e. The van der Waals surface area contributed by atoms with Gasteiger partial charge in [0.2, 0.25) is 0 Å². The second kappa shape index (κ2) is 9.10. The van der Waals surface area contributed by atoms with Crippen LogP contribution in [0, 0.1) is 13.8 Å². The summed E-state index contributed by atoms with van der Waals surface area (Å²) in [6.07, 6.45) is -0.769. The number of fused-ring (bicyclic) bond motifs is 1. The topological polar surface area (TPSA) is 76.7 Å². The van der Waals surface area contributed by atoms with Crippen molar-refractivity contribution >= 4 is 22.6 Å². The summed E-state index contributed by atoms with van der Waals surface area (Å²) in [7, 11) is 0. The average molecular weight is 392 g/mol. The number of rotatable bonds is 6. The van der Waals surface area contributed by atoms with E-state index in [1.165, 1.54) is 0 Å². The molecule has 0 heterocycles. The number of nitrogens with one attached hydrogen (secondary N) is 2. The van der Waals surface area contributed by atoms with Gasteiger partial charge in [-0.15, -0.1) is 0 Å². The zero-order chi connectivity index (χ0) is 20.8. The minimum atomic E-state index is -0.769. The summed E-state index contributed by atoms with van der Waals surface area (Å²) in [5, 5.41) is 1.94. The molecule has 0 saturated heterocycles. The summed E-state index contributed by atoms with van der Waals surface area (Å²) in [4.78, 5) is 24.3. The quantitative estimate of drug-likeness (QED) is 0.630. The van der Waals surface area contributed by atoms with Gasteiger partial charge in [-0.2, -0.15) is 0 Å². The number of amides is 2. The van der Waals surface area contributed by atoms with Crippen molar-refractivity contribution < 1.29 is 19.1 Å². The van der Waals surface area contributed by atoms with Gasteiger partial charge in [0.25, 0.3) is 11.8 Å². The van der Waals surface area contributed by atoms with Gasteiger partial charge in [-0.1, -0.05) is 54.6 Å². The molecule has 2 amide bonds. The molecule has 0 aromatic heterocycles. The Kier molecular flexibility index (Phi) is 6.34. The zero-order valence-corrected chi connectivity index (χ0v) is 16.7. The van der Waals surface area contributed by atoms with E-state index in [-0.39, 0.29) is 6.61 Å². The predicted molar refractivity (Wildman–Crippen MR) is 112 cm³/mol. The molecule has 150 valence electrons. The summed E-state index contributed by atoms with van der Waals surface area (Å²) < 4.78 is 11.4. The molecule has 0 radical (unpaired) electrons. The van der Waals surface area contributed by atoms with E-state index in [0.717, 1.165) is 21.9 Å². The van der Waals surface area contributed by atoms with Gasteiger partial charge in [-0.3, -0.25) is 20.4 Å². The van der Waals surface area contributed by atoms with E-state index in [2.05, 4.69) is 10.9 Å². The fourth-order valence-corrected chi connectivity index (χ4v) is 2.95. The number of benzene rings is 3. The predicted octanol–water partition coefficient (Wildman–Crippen LogP) is 3.45. The lowest BCUT2D eigenvalue weighted by Crippen LogP contribution is -2.48. The molecular formula is C23H24N2O4. The molecule has 29 heavy (non-hydrogen) atoms. The molecular weight excluding hydrogens is 368 g/mol. The first-order valence-electron chi connectivity index (χ1n) is 9.38. The Hall–Kier alpha value is -3.54. The van der Waals surface area contributed by atoms with Crippen LogP contribution in [0.4, 0.5) is 0 Å². The van der Waals surface area contributed by atoms with Crippen molar-refractivity contribution in [1.29, 1.82) is 0 Å². The summed E-state index contributed by atoms with van der Waals surface area (Å²) in [5.74, 6) is 0.355. The van der Waals surface area contributed by atoms with Crippen LogP contribution < -0.4 is 20.3 Å². The number of carbonyl (C=O) groups is 2. The SMILES string of the molecule is Cc1cccc(C)c1O[C@@H](C)C(=O)NNC(=O)COc1cccc2ccccc12. The maximum Gasteiger partial charge on any atom is 0.279 e. The molecule has 0 bridgehead atoms. The highest BCUT2D eigenvalue weighted by Crippen LogP contribution is 2.25. The molecule has 3 rings (SSSR count). The summed E-state index contributed by atoms with van der Waals surface area (Å²) in [6, 6.07) is 19.1. The van der Waals surface area contributed by atoms with Crippen LogP contribution in [-0.2, 0) is 9.59 Å². The molecule has 0 aliphatic rings. The second-order valence-electron chi connectivity index (χ2n) is 6.78. The standard InChI is InChI=1S/C23H24N2O4/c1-15-8-6-9-16(2)22(15)29-17(3)23(27)25-24-21(26)14-28-20-13-7-11-18-10-4-5-12-19(18)20/h4-13,17H,14H2,1-3H3,(H,24,26)(H,25,27)/t17-/m0/s1.